The summed E-state index contributed by atoms with van der Waals surface area (Å²) in [6, 6.07) is 2.01. The fraction of sp³-hybridized carbons (Fsp3) is 0.560. The Bertz CT molecular complexity index is 1210. The maximum atomic E-state index is 13.5. The van der Waals surface area contributed by atoms with E-state index in [1.54, 1.807) is 4.90 Å². The standard InChI is InChI=1S/C25H27F6N3O3S/c1-13-12-15(23(37,24(26,27)28)25(29,30)31)9-10-17(13)19-18(22(36)34-11-4-3-6-14(34)2)33-21(38-19)20(35)32-16-7-5-8-16/h9-10,12,14,16,37H,3-8,11H2,1-2H3,(H,32,35)/t14-/m0/s1. The highest BCUT2D eigenvalue weighted by atomic mass is 32.1. The number of thiazole rings is 1. The molecule has 4 rings (SSSR count). The zero-order valence-corrected chi connectivity index (χ0v) is 21.5. The first-order chi connectivity index (χ1) is 17.6. The minimum absolute atomic E-state index is 0.0143. The number of aliphatic hydroxyl groups is 1. The minimum atomic E-state index is -6.03. The first kappa shape index (κ1) is 28.3. The number of alkyl halides is 6. The number of amides is 2. The third kappa shape index (κ3) is 5.02. The van der Waals surface area contributed by atoms with Crippen molar-refractivity contribution in [3.63, 3.8) is 0 Å². The van der Waals surface area contributed by atoms with Crippen LogP contribution in [0, 0.1) is 6.92 Å². The number of hydrogen-bond acceptors (Lipinski definition) is 5. The van der Waals surface area contributed by atoms with E-state index in [4.69, 9.17) is 0 Å². The highest BCUT2D eigenvalue weighted by Crippen LogP contribution is 2.50. The summed E-state index contributed by atoms with van der Waals surface area (Å²) >= 11 is 0.852. The fourth-order valence-electron chi connectivity index (χ4n) is 4.71. The normalized spacial score (nSPS) is 19.3. The molecule has 38 heavy (non-hydrogen) atoms. The third-order valence-electron chi connectivity index (χ3n) is 7.24. The summed E-state index contributed by atoms with van der Waals surface area (Å²) in [7, 11) is 0. The second kappa shape index (κ2) is 10.1. The van der Waals surface area contributed by atoms with Gasteiger partial charge >= 0.3 is 12.4 Å². The number of carbonyl (C=O) groups excluding carboxylic acids is 2. The number of halogens is 6. The van der Waals surface area contributed by atoms with Crippen molar-refractivity contribution in [1.82, 2.24) is 15.2 Å². The van der Waals surface area contributed by atoms with Crippen molar-refractivity contribution in [1.29, 1.82) is 0 Å². The highest BCUT2D eigenvalue weighted by Gasteiger charge is 2.71. The van der Waals surface area contributed by atoms with Gasteiger partial charge in [-0.1, -0.05) is 18.2 Å². The van der Waals surface area contributed by atoms with Gasteiger partial charge in [-0.15, -0.1) is 11.3 Å². The summed E-state index contributed by atoms with van der Waals surface area (Å²) in [5.41, 5.74) is -6.46. The molecule has 0 radical (unpaired) electrons. The van der Waals surface area contributed by atoms with Gasteiger partial charge in [0.15, 0.2) is 5.01 Å². The van der Waals surface area contributed by atoms with Gasteiger partial charge in [0.25, 0.3) is 17.4 Å². The Balaban J connectivity index is 1.79. The molecule has 2 amide bonds. The van der Waals surface area contributed by atoms with E-state index < -0.39 is 35.3 Å². The molecule has 1 aliphatic carbocycles. The van der Waals surface area contributed by atoms with Crippen LogP contribution in [-0.4, -0.2) is 57.8 Å². The Kier molecular flexibility index (Phi) is 7.56. The van der Waals surface area contributed by atoms with E-state index in [2.05, 4.69) is 10.3 Å². The molecule has 1 saturated carbocycles. The lowest BCUT2D eigenvalue weighted by Gasteiger charge is -2.33. The maximum absolute atomic E-state index is 13.5. The molecule has 13 heteroatoms. The Morgan fingerprint density at radius 1 is 1.05 bits per heavy atom. The van der Waals surface area contributed by atoms with Crippen molar-refractivity contribution in [2.24, 2.45) is 0 Å². The summed E-state index contributed by atoms with van der Waals surface area (Å²) in [6.07, 6.45) is -6.99. The second-order valence-electron chi connectivity index (χ2n) is 9.88. The first-order valence-corrected chi connectivity index (χ1v) is 13.1. The molecule has 1 aliphatic heterocycles. The lowest BCUT2D eigenvalue weighted by Crippen LogP contribution is -2.53. The summed E-state index contributed by atoms with van der Waals surface area (Å²) in [4.78, 5) is 32.4. The zero-order valence-electron chi connectivity index (χ0n) is 20.7. The van der Waals surface area contributed by atoms with Gasteiger partial charge in [-0.3, -0.25) is 9.59 Å². The van der Waals surface area contributed by atoms with Crippen molar-refractivity contribution >= 4 is 23.2 Å². The topological polar surface area (TPSA) is 82.5 Å². The molecule has 2 aliphatic rings. The molecule has 2 N–H and O–H groups in total. The fourth-order valence-corrected chi connectivity index (χ4v) is 5.76. The number of benzene rings is 1. The van der Waals surface area contributed by atoms with Gasteiger partial charge in [-0.2, -0.15) is 26.3 Å². The summed E-state index contributed by atoms with van der Waals surface area (Å²) in [5.74, 6) is -0.957. The molecule has 2 fully saturated rings. The largest absolute Gasteiger partial charge is 0.430 e. The number of carbonyl (C=O) groups is 2. The lowest BCUT2D eigenvalue weighted by atomic mass is 9.89. The number of nitrogens with zero attached hydrogens (tertiary/aromatic N) is 2. The number of hydrogen-bond donors (Lipinski definition) is 2. The molecular formula is C25H27F6N3O3S. The Morgan fingerprint density at radius 3 is 2.24 bits per heavy atom. The van der Waals surface area contributed by atoms with Crippen LogP contribution in [0.4, 0.5) is 26.3 Å². The molecule has 1 saturated heterocycles. The Hall–Kier alpha value is -2.67. The molecular weight excluding hydrogens is 536 g/mol. The monoisotopic (exact) mass is 563 g/mol. The highest BCUT2D eigenvalue weighted by molar-refractivity contribution is 7.17. The van der Waals surface area contributed by atoms with Gasteiger partial charge in [0, 0.05) is 24.2 Å². The Labute approximate surface area is 219 Å². The van der Waals surface area contributed by atoms with E-state index in [0.29, 0.717) is 18.7 Å². The third-order valence-corrected chi connectivity index (χ3v) is 8.32. The molecule has 2 aromatic rings. The van der Waals surface area contributed by atoms with E-state index in [-0.39, 0.29) is 38.8 Å². The van der Waals surface area contributed by atoms with E-state index in [1.165, 1.54) is 6.92 Å². The van der Waals surface area contributed by atoms with Gasteiger partial charge in [0.05, 0.1) is 4.88 Å². The molecule has 0 spiro atoms. The van der Waals surface area contributed by atoms with Gasteiger partial charge in [-0.25, -0.2) is 4.98 Å². The molecule has 1 aromatic carbocycles. The van der Waals surface area contributed by atoms with Crippen molar-refractivity contribution in [3.8, 4) is 10.4 Å². The molecule has 0 bridgehead atoms. The predicted molar refractivity (Wildman–Crippen MR) is 128 cm³/mol. The number of rotatable bonds is 5. The number of aromatic nitrogens is 1. The van der Waals surface area contributed by atoms with Crippen LogP contribution in [-0.2, 0) is 5.60 Å². The maximum Gasteiger partial charge on any atom is 0.430 e. The predicted octanol–water partition coefficient (Wildman–Crippen LogP) is 5.73. The van der Waals surface area contributed by atoms with Gasteiger partial charge in [0.1, 0.15) is 5.69 Å². The van der Waals surface area contributed by atoms with Gasteiger partial charge in [0.2, 0.25) is 0 Å². The molecule has 1 aromatic heterocycles. The van der Waals surface area contributed by atoms with E-state index in [0.717, 1.165) is 55.9 Å². The minimum Gasteiger partial charge on any atom is -0.369 e. The van der Waals surface area contributed by atoms with E-state index in [1.807, 2.05) is 6.92 Å². The number of aryl methyl sites for hydroxylation is 1. The van der Waals surface area contributed by atoms with Crippen molar-refractivity contribution in [2.45, 2.75) is 82.4 Å². The van der Waals surface area contributed by atoms with Crippen molar-refractivity contribution < 1.29 is 41.0 Å². The summed E-state index contributed by atoms with van der Waals surface area (Å²) < 4.78 is 80.5. The Morgan fingerprint density at radius 2 is 1.71 bits per heavy atom. The molecule has 208 valence electrons. The quantitative estimate of drug-likeness (QED) is 0.456. The van der Waals surface area contributed by atoms with Crippen LogP contribution in [0.1, 0.15) is 76.9 Å². The lowest BCUT2D eigenvalue weighted by molar-refractivity contribution is -0.376. The molecule has 2 heterocycles. The second-order valence-corrected chi connectivity index (χ2v) is 10.9. The molecule has 0 unspecified atom stereocenters. The molecule has 1 atom stereocenters. The van der Waals surface area contributed by atoms with Gasteiger partial charge in [-0.05, 0) is 63.5 Å². The zero-order chi connectivity index (χ0) is 28.0. The van der Waals surface area contributed by atoms with Crippen molar-refractivity contribution in [2.75, 3.05) is 6.54 Å². The number of likely N-dealkylation sites (tertiary alicyclic amines) is 1. The first-order valence-electron chi connectivity index (χ1n) is 12.2. The van der Waals surface area contributed by atoms with Crippen LogP contribution in [0.25, 0.3) is 10.4 Å². The number of nitrogens with one attached hydrogen (secondary N) is 1. The van der Waals surface area contributed by atoms with Crippen molar-refractivity contribution in [3.05, 3.63) is 40.0 Å². The summed E-state index contributed by atoms with van der Waals surface area (Å²) in [5, 5.41) is 12.6. The van der Waals surface area contributed by atoms with Crippen LogP contribution >= 0.6 is 11.3 Å². The van der Waals surface area contributed by atoms with Crippen LogP contribution in [0.15, 0.2) is 18.2 Å². The SMILES string of the molecule is Cc1cc(C(O)(C(F)(F)F)C(F)(F)F)ccc1-c1sc(C(=O)NC2CCC2)nc1C(=O)N1CCCC[C@@H]1C. The average Bonchev–Trinajstić information content (AvgIpc) is 3.24. The van der Waals surface area contributed by atoms with Crippen LogP contribution in [0.5, 0.6) is 0 Å². The van der Waals surface area contributed by atoms with E-state index >= 15 is 0 Å². The smallest absolute Gasteiger partial charge is 0.369 e. The van der Waals surface area contributed by atoms with Crippen LogP contribution in [0.2, 0.25) is 0 Å². The van der Waals surface area contributed by atoms with Crippen LogP contribution in [0.3, 0.4) is 0 Å². The summed E-state index contributed by atoms with van der Waals surface area (Å²) in [6.45, 7) is 3.61. The van der Waals surface area contributed by atoms with Gasteiger partial charge < -0.3 is 15.3 Å². The van der Waals surface area contributed by atoms with E-state index in [9.17, 15) is 41.0 Å². The molecule has 6 nitrogen and oxygen atoms in total. The van der Waals surface area contributed by atoms with Crippen LogP contribution < -0.4 is 5.32 Å². The average molecular weight is 564 g/mol. The number of piperidine rings is 1.